The van der Waals surface area contributed by atoms with Gasteiger partial charge in [0.05, 0.1) is 29.8 Å². The van der Waals surface area contributed by atoms with Gasteiger partial charge in [-0.05, 0) is 29.8 Å². The molecule has 0 atom stereocenters. The summed E-state index contributed by atoms with van der Waals surface area (Å²) in [6, 6.07) is 7.75. The van der Waals surface area contributed by atoms with E-state index in [1.54, 1.807) is 18.2 Å². The van der Waals surface area contributed by atoms with Crippen LogP contribution in [-0.4, -0.2) is 32.7 Å². The van der Waals surface area contributed by atoms with Crippen molar-refractivity contribution in [3.8, 4) is 17.2 Å². The molecule has 27 heavy (non-hydrogen) atoms. The van der Waals surface area contributed by atoms with E-state index in [9.17, 15) is 9.59 Å². The highest BCUT2D eigenvalue weighted by Crippen LogP contribution is 2.38. The number of rotatable bonds is 8. The van der Waals surface area contributed by atoms with Crippen LogP contribution in [0.5, 0.6) is 17.2 Å². The monoisotopic (exact) mass is 413 g/mol. The van der Waals surface area contributed by atoms with E-state index in [4.69, 9.17) is 47.9 Å². The first kappa shape index (κ1) is 20.7. The lowest BCUT2D eigenvalue weighted by molar-refractivity contribution is -0.120. The number of methoxy groups -OCH3 is 2. The third kappa shape index (κ3) is 5.42. The van der Waals surface area contributed by atoms with Crippen LogP contribution in [0.1, 0.15) is 15.9 Å². The average Bonchev–Trinajstić information content (AvgIpc) is 2.66. The molecule has 9 heteroatoms. The van der Waals surface area contributed by atoms with Gasteiger partial charge in [-0.25, -0.2) is 4.79 Å². The first-order valence-corrected chi connectivity index (χ1v) is 8.39. The molecule has 2 aromatic rings. The molecule has 2 rings (SSSR count). The van der Waals surface area contributed by atoms with Gasteiger partial charge < -0.3 is 24.7 Å². The third-order valence-corrected chi connectivity index (χ3v) is 4.15. The molecule has 2 aromatic carbocycles. The van der Waals surface area contributed by atoms with Crippen molar-refractivity contribution in [3.05, 3.63) is 51.5 Å². The summed E-state index contributed by atoms with van der Waals surface area (Å²) in [5, 5.41) is 0.775. The van der Waals surface area contributed by atoms with Crippen LogP contribution in [0, 0.1) is 0 Å². The van der Waals surface area contributed by atoms with E-state index in [1.807, 2.05) is 0 Å². The summed E-state index contributed by atoms with van der Waals surface area (Å²) in [4.78, 5) is 23.3. The van der Waals surface area contributed by atoms with Crippen LogP contribution < -0.4 is 19.9 Å². The zero-order valence-electron chi connectivity index (χ0n) is 14.6. The van der Waals surface area contributed by atoms with Crippen molar-refractivity contribution in [2.24, 2.45) is 5.73 Å². The van der Waals surface area contributed by atoms with Crippen LogP contribution >= 0.6 is 23.2 Å². The summed E-state index contributed by atoms with van der Waals surface area (Å²) in [5.41, 5.74) is 5.93. The number of carbonyl (C=O) groups is 2. The number of amides is 1. The number of ether oxygens (including phenoxy) is 4. The Morgan fingerprint density at radius 2 is 1.63 bits per heavy atom. The summed E-state index contributed by atoms with van der Waals surface area (Å²) in [7, 11) is 2.77. The zero-order valence-corrected chi connectivity index (χ0v) is 16.1. The topological polar surface area (TPSA) is 97.1 Å². The maximum atomic E-state index is 12.4. The Morgan fingerprint density at radius 1 is 1.00 bits per heavy atom. The Balaban J connectivity index is 2.19. The Morgan fingerprint density at radius 3 is 2.15 bits per heavy atom. The van der Waals surface area contributed by atoms with Crippen molar-refractivity contribution < 1.29 is 28.5 Å². The Bertz CT molecular complexity index is 831. The summed E-state index contributed by atoms with van der Waals surface area (Å²) in [6.07, 6.45) is 0. The quantitative estimate of drug-likeness (QED) is 0.667. The predicted octanol–water partition coefficient (Wildman–Crippen LogP) is 3.23. The van der Waals surface area contributed by atoms with Crippen LogP contribution in [0.4, 0.5) is 0 Å². The highest BCUT2D eigenvalue weighted by atomic mass is 35.5. The van der Waals surface area contributed by atoms with Crippen molar-refractivity contribution in [1.29, 1.82) is 0 Å². The van der Waals surface area contributed by atoms with Gasteiger partial charge in [0.25, 0.3) is 5.91 Å². The number of hydrogen-bond donors (Lipinski definition) is 1. The highest BCUT2D eigenvalue weighted by molar-refractivity contribution is 6.42. The number of primary amides is 1. The van der Waals surface area contributed by atoms with Gasteiger partial charge in [-0.1, -0.05) is 29.3 Å². The van der Waals surface area contributed by atoms with Gasteiger partial charge in [0.1, 0.15) is 6.61 Å². The number of halogens is 2. The number of benzene rings is 2. The van der Waals surface area contributed by atoms with E-state index in [-0.39, 0.29) is 36.0 Å². The molecule has 0 bridgehead atoms. The van der Waals surface area contributed by atoms with Gasteiger partial charge in [0.2, 0.25) is 5.75 Å². The summed E-state index contributed by atoms with van der Waals surface area (Å²) < 4.78 is 21.0. The van der Waals surface area contributed by atoms with Crippen molar-refractivity contribution in [3.63, 3.8) is 0 Å². The molecule has 0 aliphatic rings. The first-order chi connectivity index (χ1) is 12.8. The van der Waals surface area contributed by atoms with Crippen molar-refractivity contribution in [2.45, 2.75) is 6.61 Å². The van der Waals surface area contributed by atoms with Gasteiger partial charge in [0.15, 0.2) is 18.1 Å². The fourth-order valence-electron chi connectivity index (χ4n) is 2.14. The van der Waals surface area contributed by atoms with Crippen LogP contribution in [0.25, 0.3) is 0 Å². The lowest BCUT2D eigenvalue weighted by Gasteiger charge is -2.15. The predicted molar refractivity (Wildman–Crippen MR) is 99.8 cm³/mol. The van der Waals surface area contributed by atoms with Crippen LogP contribution in [0.3, 0.4) is 0 Å². The van der Waals surface area contributed by atoms with E-state index in [0.717, 1.165) is 0 Å². The molecule has 0 fully saturated rings. The number of esters is 1. The molecule has 0 unspecified atom stereocenters. The largest absolute Gasteiger partial charge is 0.493 e. The summed E-state index contributed by atoms with van der Waals surface area (Å²) in [6.45, 7) is -0.367. The molecular formula is C18H17Cl2NO6. The van der Waals surface area contributed by atoms with Crippen molar-refractivity contribution in [2.75, 3.05) is 20.8 Å². The Labute approximate surface area is 165 Å². The SMILES string of the molecule is COc1cc(C(=O)OCc2ccc(Cl)c(Cl)c2)cc(OC)c1OCC(N)=O. The molecule has 0 saturated carbocycles. The molecule has 0 aromatic heterocycles. The van der Waals surface area contributed by atoms with Crippen LogP contribution in [0.2, 0.25) is 10.0 Å². The molecule has 0 saturated heterocycles. The van der Waals surface area contributed by atoms with E-state index < -0.39 is 11.9 Å². The van der Waals surface area contributed by atoms with Gasteiger partial charge in [0, 0.05) is 0 Å². The second-order valence-corrected chi connectivity index (χ2v) is 6.10. The third-order valence-electron chi connectivity index (χ3n) is 3.41. The maximum absolute atomic E-state index is 12.4. The molecule has 7 nitrogen and oxygen atoms in total. The summed E-state index contributed by atoms with van der Waals surface area (Å²) >= 11 is 11.8. The van der Waals surface area contributed by atoms with Gasteiger partial charge in [-0.3, -0.25) is 4.79 Å². The van der Waals surface area contributed by atoms with E-state index in [1.165, 1.54) is 26.4 Å². The van der Waals surface area contributed by atoms with Crippen molar-refractivity contribution >= 4 is 35.1 Å². The first-order valence-electron chi connectivity index (χ1n) is 7.64. The second-order valence-electron chi connectivity index (χ2n) is 5.29. The minimum Gasteiger partial charge on any atom is -0.493 e. The zero-order chi connectivity index (χ0) is 20.0. The standard InChI is InChI=1S/C18H17Cl2NO6/c1-24-14-6-11(7-15(25-2)17(14)26-9-16(21)22)18(23)27-8-10-3-4-12(19)13(20)5-10/h3-7H,8-9H2,1-2H3,(H2,21,22). The second kappa shape index (κ2) is 9.34. The lowest BCUT2D eigenvalue weighted by Crippen LogP contribution is -2.20. The number of hydrogen-bond acceptors (Lipinski definition) is 6. The van der Waals surface area contributed by atoms with Crippen LogP contribution in [0.15, 0.2) is 30.3 Å². The molecule has 2 N–H and O–H groups in total. The Hall–Kier alpha value is -2.64. The average molecular weight is 414 g/mol. The Kier molecular flexibility index (Phi) is 7.15. The fourth-order valence-corrected chi connectivity index (χ4v) is 2.47. The minimum atomic E-state index is -0.663. The lowest BCUT2D eigenvalue weighted by atomic mass is 10.1. The molecule has 0 aliphatic heterocycles. The highest BCUT2D eigenvalue weighted by Gasteiger charge is 2.19. The minimum absolute atomic E-state index is 0.000278. The normalized spacial score (nSPS) is 10.2. The molecule has 144 valence electrons. The van der Waals surface area contributed by atoms with Gasteiger partial charge >= 0.3 is 5.97 Å². The molecule has 0 aliphatic carbocycles. The molecule has 0 heterocycles. The van der Waals surface area contributed by atoms with Gasteiger partial charge in [-0.15, -0.1) is 0 Å². The molecule has 0 radical (unpaired) electrons. The van der Waals surface area contributed by atoms with Crippen molar-refractivity contribution in [1.82, 2.24) is 0 Å². The summed E-state index contributed by atoms with van der Waals surface area (Å²) in [5.74, 6) is -0.739. The van der Waals surface area contributed by atoms with E-state index in [2.05, 4.69) is 0 Å². The van der Waals surface area contributed by atoms with E-state index >= 15 is 0 Å². The molecule has 1 amide bonds. The molecular weight excluding hydrogens is 397 g/mol. The molecule has 0 spiro atoms. The van der Waals surface area contributed by atoms with Gasteiger partial charge in [-0.2, -0.15) is 0 Å². The fraction of sp³-hybridized carbons (Fsp3) is 0.222. The smallest absolute Gasteiger partial charge is 0.338 e. The number of carbonyl (C=O) groups excluding carboxylic acids is 2. The maximum Gasteiger partial charge on any atom is 0.338 e. The van der Waals surface area contributed by atoms with Crippen LogP contribution in [-0.2, 0) is 16.1 Å². The number of nitrogens with two attached hydrogens (primary N) is 1. The van der Waals surface area contributed by atoms with E-state index in [0.29, 0.717) is 15.6 Å².